The average Bonchev–Trinajstić information content (AvgIpc) is 3.03. The number of carbonyl (C=O) groups is 1. The van der Waals surface area contributed by atoms with Gasteiger partial charge in [0.25, 0.3) is 5.91 Å². The van der Waals surface area contributed by atoms with Gasteiger partial charge in [0.1, 0.15) is 0 Å². The first-order chi connectivity index (χ1) is 11.9. The zero-order valence-corrected chi connectivity index (χ0v) is 16.7. The average molecular weight is 403 g/mol. The monoisotopic (exact) mass is 402 g/mol. The van der Waals surface area contributed by atoms with Crippen LogP contribution < -0.4 is 14.9 Å². The van der Waals surface area contributed by atoms with Crippen molar-refractivity contribution in [3.05, 3.63) is 29.3 Å². The predicted molar refractivity (Wildman–Crippen MR) is 106 cm³/mol. The second kappa shape index (κ2) is 9.03. The largest absolute Gasteiger partial charge is 0.352 e. The van der Waals surface area contributed by atoms with E-state index in [1.165, 1.54) is 10.6 Å². The second-order valence-electron chi connectivity index (χ2n) is 6.63. The van der Waals surface area contributed by atoms with E-state index in [0.717, 1.165) is 44.7 Å². The lowest BCUT2D eigenvalue weighted by atomic mass is 10.1. The van der Waals surface area contributed by atoms with Gasteiger partial charge in [-0.05, 0) is 43.1 Å². The van der Waals surface area contributed by atoms with Crippen molar-refractivity contribution in [2.75, 3.05) is 56.4 Å². The topological polar surface area (TPSA) is 81.8 Å². The minimum Gasteiger partial charge on any atom is -0.352 e. The molecular weight excluding hydrogens is 376 g/mol. The number of carbonyl (C=O) groups excluding carboxylic acids is 1. The number of benzene rings is 1. The van der Waals surface area contributed by atoms with Crippen LogP contribution in [-0.2, 0) is 16.4 Å². The highest BCUT2D eigenvalue weighted by Gasteiger charge is 2.26. The molecule has 0 spiro atoms. The van der Waals surface area contributed by atoms with Gasteiger partial charge in [-0.1, -0.05) is 0 Å². The van der Waals surface area contributed by atoms with E-state index in [-0.39, 0.29) is 18.3 Å². The molecule has 0 aromatic heterocycles. The molecule has 1 fully saturated rings. The molecule has 0 saturated carbocycles. The van der Waals surface area contributed by atoms with Crippen LogP contribution in [0.2, 0.25) is 0 Å². The van der Waals surface area contributed by atoms with E-state index in [1.54, 1.807) is 12.1 Å². The molecule has 0 bridgehead atoms. The zero-order chi connectivity index (χ0) is 17.9. The Labute approximate surface area is 161 Å². The van der Waals surface area contributed by atoms with Gasteiger partial charge in [0.05, 0.1) is 11.9 Å². The Morgan fingerprint density at radius 3 is 2.65 bits per heavy atom. The number of anilines is 1. The predicted octanol–water partition coefficient (Wildman–Crippen LogP) is 0.456. The number of nitrogens with zero attached hydrogens (tertiary/aromatic N) is 2. The highest BCUT2D eigenvalue weighted by Crippen LogP contribution is 2.30. The summed E-state index contributed by atoms with van der Waals surface area (Å²) in [6.07, 6.45) is 2.78. The Kier molecular flexibility index (Phi) is 7.28. The van der Waals surface area contributed by atoms with Gasteiger partial charge < -0.3 is 15.5 Å². The number of halogens is 1. The van der Waals surface area contributed by atoms with Gasteiger partial charge in [-0.15, -0.1) is 12.4 Å². The maximum absolute atomic E-state index is 12.3. The lowest BCUT2D eigenvalue weighted by Gasteiger charge is -2.27. The number of piperazine rings is 1. The summed E-state index contributed by atoms with van der Waals surface area (Å²) in [5.74, 6) is -0.0964. The maximum Gasteiger partial charge on any atom is 0.251 e. The van der Waals surface area contributed by atoms with Crippen LogP contribution in [0.3, 0.4) is 0 Å². The molecule has 2 aliphatic rings. The van der Waals surface area contributed by atoms with Gasteiger partial charge in [0, 0.05) is 44.8 Å². The molecule has 0 aliphatic carbocycles. The smallest absolute Gasteiger partial charge is 0.251 e. The van der Waals surface area contributed by atoms with Crippen LogP contribution in [0.1, 0.15) is 22.3 Å². The summed E-state index contributed by atoms with van der Waals surface area (Å²) < 4.78 is 24.9. The standard InChI is InChI=1S/C17H26N4O3S.ClH/c1-25(23,24)21-10-5-14-13-15(3-4-16(14)21)17(22)19-6-2-9-20-11-7-18-8-12-20;/h3-4,13,18H,2,5-12H2,1H3,(H,19,22);1H. The molecule has 3 rings (SSSR count). The number of sulfonamides is 1. The first-order valence-corrected chi connectivity index (χ1v) is 10.6. The molecule has 1 saturated heterocycles. The number of amides is 1. The van der Waals surface area contributed by atoms with Crippen LogP contribution >= 0.6 is 12.4 Å². The number of nitrogens with one attached hydrogen (secondary N) is 2. The molecular formula is C17H27ClN4O3S. The van der Waals surface area contributed by atoms with E-state index in [2.05, 4.69) is 15.5 Å². The summed E-state index contributed by atoms with van der Waals surface area (Å²) in [6.45, 7) is 6.29. The van der Waals surface area contributed by atoms with Gasteiger partial charge in [-0.25, -0.2) is 8.42 Å². The number of fused-ring (bicyclic) bond motifs is 1. The third-order valence-corrected chi connectivity index (χ3v) is 5.92. The molecule has 1 amide bonds. The van der Waals surface area contributed by atoms with Crippen LogP contribution in [0, 0.1) is 0 Å². The molecule has 1 aromatic rings. The van der Waals surface area contributed by atoms with Gasteiger partial charge in [-0.2, -0.15) is 0 Å². The van der Waals surface area contributed by atoms with E-state index >= 15 is 0 Å². The quantitative estimate of drug-likeness (QED) is 0.675. The normalized spacial score (nSPS) is 17.5. The molecule has 26 heavy (non-hydrogen) atoms. The van der Waals surface area contributed by atoms with Crippen molar-refractivity contribution in [2.24, 2.45) is 0 Å². The lowest BCUT2D eigenvalue weighted by Crippen LogP contribution is -2.44. The summed E-state index contributed by atoms with van der Waals surface area (Å²) in [5, 5.41) is 6.28. The molecule has 0 atom stereocenters. The third-order valence-electron chi connectivity index (χ3n) is 4.74. The third kappa shape index (κ3) is 5.09. The van der Waals surface area contributed by atoms with Gasteiger partial charge >= 0.3 is 0 Å². The molecule has 2 N–H and O–H groups in total. The fraction of sp³-hybridized carbons (Fsp3) is 0.588. The SMILES string of the molecule is CS(=O)(=O)N1CCc2cc(C(=O)NCCCN3CCNCC3)ccc21.Cl. The number of hydrogen-bond donors (Lipinski definition) is 2. The van der Waals surface area contributed by atoms with Crippen molar-refractivity contribution in [1.82, 2.24) is 15.5 Å². The molecule has 1 aromatic carbocycles. The van der Waals surface area contributed by atoms with Crippen LogP contribution in [0.25, 0.3) is 0 Å². The van der Waals surface area contributed by atoms with Crippen molar-refractivity contribution in [1.29, 1.82) is 0 Å². The molecule has 7 nitrogen and oxygen atoms in total. The van der Waals surface area contributed by atoms with Gasteiger partial charge in [0.2, 0.25) is 10.0 Å². The molecule has 0 radical (unpaired) electrons. The van der Waals surface area contributed by atoms with Crippen molar-refractivity contribution >= 4 is 34.0 Å². The lowest BCUT2D eigenvalue weighted by molar-refractivity contribution is 0.0951. The zero-order valence-electron chi connectivity index (χ0n) is 15.0. The first-order valence-electron chi connectivity index (χ1n) is 8.77. The molecule has 9 heteroatoms. The van der Waals surface area contributed by atoms with E-state index in [1.807, 2.05) is 6.07 Å². The van der Waals surface area contributed by atoms with Crippen molar-refractivity contribution in [3.8, 4) is 0 Å². The summed E-state index contributed by atoms with van der Waals surface area (Å²) in [5.41, 5.74) is 2.20. The Balaban J connectivity index is 0.00000243. The summed E-state index contributed by atoms with van der Waals surface area (Å²) in [6, 6.07) is 5.25. The highest BCUT2D eigenvalue weighted by atomic mass is 35.5. The van der Waals surface area contributed by atoms with E-state index in [0.29, 0.717) is 30.8 Å². The fourth-order valence-electron chi connectivity index (χ4n) is 3.40. The van der Waals surface area contributed by atoms with Crippen LogP contribution in [-0.4, -0.2) is 71.3 Å². The van der Waals surface area contributed by atoms with Crippen molar-refractivity contribution in [3.63, 3.8) is 0 Å². The van der Waals surface area contributed by atoms with Crippen molar-refractivity contribution < 1.29 is 13.2 Å². The van der Waals surface area contributed by atoms with E-state index in [9.17, 15) is 13.2 Å². The second-order valence-corrected chi connectivity index (χ2v) is 8.54. The van der Waals surface area contributed by atoms with Gasteiger partial charge in [0.15, 0.2) is 0 Å². The minimum absolute atomic E-state index is 0. The summed E-state index contributed by atoms with van der Waals surface area (Å²) >= 11 is 0. The highest BCUT2D eigenvalue weighted by molar-refractivity contribution is 7.92. The van der Waals surface area contributed by atoms with E-state index in [4.69, 9.17) is 0 Å². The Hall–Kier alpha value is -1.35. The maximum atomic E-state index is 12.3. The molecule has 2 aliphatic heterocycles. The number of rotatable bonds is 6. The van der Waals surface area contributed by atoms with Crippen LogP contribution in [0.5, 0.6) is 0 Å². The Bertz CT molecular complexity index is 736. The van der Waals surface area contributed by atoms with E-state index < -0.39 is 10.0 Å². The van der Waals surface area contributed by atoms with Crippen LogP contribution in [0.15, 0.2) is 18.2 Å². The summed E-state index contributed by atoms with van der Waals surface area (Å²) in [7, 11) is -3.25. The Morgan fingerprint density at radius 1 is 1.23 bits per heavy atom. The molecule has 146 valence electrons. The fourth-order valence-corrected chi connectivity index (χ4v) is 4.36. The number of hydrogen-bond acceptors (Lipinski definition) is 5. The van der Waals surface area contributed by atoms with Crippen LogP contribution in [0.4, 0.5) is 5.69 Å². The Morgan fingerprint density at radius 2 is 1.96 bits per heavy atom. The molecule has 0 unspecified atom stereocenters. The van der Waals surface area contributed by atoms with Gasteiger partial charge in [-0.3, -0.25) is 9.10 Å². The summed E-state index contributed by atoms with van der Waals surface area (Å²) in [4.78, 5) is 14.7. The molecule has 2 heterocycles. The van der Waals surface area contributed by atoms with Crippen molar-refractivity contribution in [2.45, 2.75) is 12.8 Å². The first kappa shape index (κ1) is 21.0. The minimum atomic E-state index is -3.25.